The van der Waals surface area contributed by atoms with E-state index in [1.807, 2.05) is 37.3 Å². The van der Waals surface area contributed by atoms with E-state index < -0.39 is 9.84 Å². The Balaban J connectivity index is 2.31. The van der Waals surface area contributed by atoms with Crippen LogP contribution in [0.15, 0.2) is 57.9 Å². The van der Waals surface area contributed by atoms with E-state index in [1.54, 1.807) is 18.2 Å². The Kier molecular flexibility index (Phi) is 4.50. The second-order valence-corrected chi connectivity index (χ2v) is 7.59. The molecule has 0 spiro atoms. The van der Waals surface area contributed by atoms with E-state index in [2.05, 4.69) is 21.2 Å². The summed E-state index contributed by atoms with van der Waals surface area (Å²) in [7, 11) is -3.24. The fourth-order valence-electron chi connectivity index (χ4n) is 2.00. The van der Waals surface area contributed by atoms with Crippen molar-refractivity contribution in [1.29, 1.82) is 0 Å². The summed E-state index contributed by atoms with van der Waals surface area (Å²) >= 11 is 3.44. The van der Waals surface area contributed by atoms with Gasteiger partial charge >= 0.3 is 0 Å². The number of para-hydroxylation sites is 1. The quantitative estimate of drug-likeness (QED) is 0.902. The van der Waals surface area contributed by atoms with Crippen molar-refractivity contribution in [3.8, 4) is 0 Å². The summed E-state index contributed by atoms with van der Waals surface area (Å²) in [6.45, 7) is 2.00. The number of anilines is 1. The fraction of sp³-hybridized carbons (Fsp3) is 0.200. The number of benzene rings is 2. The summed E-state index contributed by atoms with van der Waals surface area (Å²) in [5.41, 5.74) is 1.71. The second-order valence-electron chi connectivity index (χ2n) is 4.69. The zero-order valence-electron chi connectivity index (χ0n) is 11.3. The monoisotopic (exact) mass is 353 g/mol. The average Bonchev–Trinajstić information content (AvgIpc) is 2.38. The molecule has 0 saturated heterocycles. The van der Waals surface area contributed by atoms with Crippen molar-refractivity contribution < 1.29 is 8.42 Å². The van der Waals surface area contributed by atoms with E-state index in [-0.39, 0.29) is 6.04 Å². The van der Waals surface area contributed by atoms with Gasteiger partial charge < -0.3 is 5.32 Å². The molecule has 0 aromatic heterocycles. The van der Waals surface area contributed by atoms with E-state index in [9.17, 15) is 8.42 Å². The summed E-state index contributed by atoms with van der Waals surface area (Å²) in [5.74, 6) is 0. The lowest BCUT2D eigenvalue weighted by molar-refractivity contribution is 0.602. The van der Waals surface area contributed by atoms with Crippen LogP contribution in [-0.4, -0.2) is 14.7 Å². The van der Waals surface area contributed by atoms with Crippen molar-refractivity contribution >= 4 is 31.5 Å². The molecule has 0 bridgehead atoms. The van der Waals surface area contributed by atoms with Crippen LogP contribution in [0.3, 0.4) is 0 Å². The van der Waals surface area contributed by atoms with E-state index in [0.29, 0.717) is 10.6 Å². The van der Waals surface area contributed by atoms with Crippen LogP contribution in [0.5, 0.6) is 0 Å². The van der Waals surface area contributed by atoms with Gasteiger partial charge in [0.05, 0.1) is 10.6 Å². The molecule has 0 aliphatic rings. The summed E-state index contributed by atoms with van der Waals surface area (Å²) in [4.78, 5) is 0.321. The summed E-state index contributed by atoms with van der Waals surface area (Å²) in [6.07, 6.45) is 1.22. The molecule has 5 heteroatoms. The molecule has 0 radical (unpaired) electrons. The van der Waals surface area contributed by atoms with Crippen molar-refractivity contribution in [3.63, 3.8) is 0 Å². The predicted molar refractivity (Wildman–Crippen MR) is 85.7 cm³/mol. The maximum absolute atomic E-state index is 11.8. The van der Waals surface area contributed by atoms with Gasteiger partial charge in [-0.2, -0.15) is 0 Å². The van der Waals surface area contributed by atoms with Gasteiger partial charge in [0.2, 0.25) is 0 Å². The Hall–Kier alpha value is -1.33. The van der Waals surface area contributed by atoms with Gasteiger partial charge in [-0.1, -0.05) is 40.2 Å². The van der Waals surface area contributed by atoms with Gasteiger partial charge in [-0.15, -0.1) is 0 Å². The van der Waals surface area contributed by atoms with Crippen LogP contribution in [0.4, 0.5) is 5.69 Å². The highest BCUT2D eigenvalue weighted by molar-refractivity contribution is 9.10. The maximum atomic E-state index is 11.8. The molecule has 106 valence electrons. The molecular weight excluding hydrogens is 338 g/mol. The lowest BCUT2D eigenvalue weighted by Crippen LogP contribution is -2.10. The minimum atomic E-state index is -3.24. The highest BCUT2D eigenvalue weighted by Gasteiger charge is 2.14. The molecule has 2 rings (SSSR count). The molecule has 1 unspecified atom stereocenters. The number of nitrogens with one attached hydrogen (secondary N) is 1. The third kappa shape index (κ3) is 3.61. The van der Waals surface area contributed by atoms with Crippen LogP contribution in [0.2, 0.25) is 0 Å². The van der Waals surface area contributed by atoms with Crippen LogP contribution in [0.1, 0.15) is 18.5 Å². The van der Waals surface area contributed by atoms with E-state index in [0.717, 1.165) is 10.0 Å². The summed E-state index contributed by atoms with van der Waals surface area (Å²) in [5, 5.41) is 3.26. The molecule has 2 aromatic rings. The van der Waals surface area contributed by atoms with Crippen molar-refractivity contribution in [1.82, 2.24) is 0 Å². The molecule has 1 atom stereocenters. The average molecular weight is 354 g/mol. The molecule has 1 N–H and O–H groups in total. The maximum Gasteiger partial charge on any atom is 0.177 e. The lowest BCUT2D eigenvalue weighted by Gasteiger charge is -2.18. The topological polar surface area (TPSA) is 46.2 Å². The lowest BCUT2D eigenvalue weighted by atomic mass is 10.1. The Bertz CT molecular complexity index is 713. The first-order chi connectivity index (χ1) is 9.38. The van der Waals surface area contributed by atoms with Crippen LogP contribution in [0.25, 0.3) is 0 Å². The van der Waals surface area contributed by atoms with Crippen molar-refractivity contribution in [2.24, 2.45) is 0 Å². The highest BCUT2D eigenvalue weighted by Crippen LogP contribution is 2.26. The number of sulfone groups is 1. The van der Waals surface area contributed by atoms with E-state index in [1.165, 1.54) is 6.26 Å². The van der Waals surface area contributed by atoms with Crippen LogP contribution < -0.4 is 5.32 Å². The number of hydrogen-bond donors (Lipinski definition) is 1. The largest absolute Gasteiger partial charge is 0.377 e. The smallest absolute Gasteiger partial charge is 0.177 e. The fourth-order valence-corrected chi connectivity index (χ4v) is 3.27. The van der Waals surface area contributed by atoms with E-state index in [4.69, 9.17) is 0 Å². The molecule has 20 heavy (non-hydrogen) atoms. The Labute approximate surface area is 128 Å². The van der Waals surface area contributed by atoms with Crippen molar-refractivity contribution in [2.45, 2.75) is 17.9 Å². The van der Waals surface area contributed by atoms with E-state index >= 15 is 0 Å². The van der Waals surface area contributed by atoms with Crippen LogP contribution in [0, 0.1) is 0 Å². The zero-order chi connectivity index (χ0) is 14.8. The zero-order valence-corrected chi connectivity index (χ0v) is 13.7. The number of rotatable bonds is 4. The Morgan fingerprint density at radius 3 is 2.45 bits per heavy atom. The van der Waals surface area contributed by atoms with Gasteiger partial charge in [0, 0.05) is 16.8 Å². The normalized spacial score (nSPS) is 12.9. The minimum Gasteiger partial charge on any atom is -0.377 e. The van der Waals surface area contributed by atoms with Gasteiger partial charge in [0.25, 0.3) is 0 Å². The van der Waals surface area contributed by atoms with Crippen molar-refractivity contribution in [3.05, 3.63) is 58.6 Å². The summed E-state index contributed by atoms with van der Waals surface area (Å²) < 4.78 is 24.6. The van der Waals surface area contributed by atoms with Gasteiger partial charge in [0.1, 0.15) is 0 Å². The number of halogens is 1. The first-order valence-corrected chi connectivity index (χ1v) is 8.87. The van der Waals surface area contributed by atoms with Gasteiger partial charge in [-0.25, -0.2) is 8.42 Å². The van der Waals surface area contributed by atoms with Gasteiger partial charge in [-0.05, 0) is 36.8 Å². The molecular formula is C15H16BrNO2S. The predicted octanol–water partition coefficient (Wildman–Crippen LogP) is 4.03. The molecule has 2 aromatic carbocycles. The molecule has 3 nitrogen and oxygen atoms in total. The molecule has 0 saturated carbocycles. The summed E-state index contributed by atoms with van der Waals surface area (Å²) in [6, 6.07) is 14.9. The first-order valence-electron chi connectivity index (χ1n) is 6.19. The third-order valence-electron chi connectivity index (χ3n) is 3.01. The molecule has 0 aliphatic carbocycles. The standard InChI is InChI=1S/C15H16BrNO2S/c1-11(12-6-5-7-13(16)10-12)17-14-8-3-4-9-15(14)20(2,18)19/h3-11,17H,1-2H3. The molecule has 0 amide bonds. The Morgan fingerprint density at radius 2 is 1.80 bits per heavy atom. The van der Waals surface area contributed by atoms with Crippen LogP contribution >= 0.6 is 15.9 Å². The minimum absolute atomic E-state index is 0.00963. The molecule has 0 fully saturated rings. The van der Waals surface area contributed by atoms with Gasteiger partial charge in [-0.3, -0.25) is 0 Å². The first kappa shape index (κ1) is 15.1. The second kappa shape index (κ2) is 5.97. The van der Waals surface area contributed by atoms with Crippen molar-refractivity contribution in [2.75, 3.05) is 11.6 Å². The third-order valence-corrected chi connectivity index (χ3v) is 4.66. The van der Waals surface area contributed by atoms with Gasteiger partial charge in [0.15, 0.2) is 9.84 Å². The number of hydrogen-bond acceptors (Lipinski definition) is 3. The van der Waals surface area contributed by atoms with Crippen LogP contribution in [-0.2, 0) is 9.84 Å². The SMILES string of the molecule is CC(Nc1ccccc1S(C)(=O)=O)c1cccc(Br)c1. The Morgan fingerprint density at radius 1 is 1.10 bits per heavy atom. The highest BCUT2D eigenvalue weighted by atomic mass is 79.9. The molecule has 0 aliphatic heterocycles. The molecule has 0 heterocycles.